The predicted octanol–water partition coefficient (Wildman–Crippen LogP) is -1.33. The normalized spacial score (nSPS) is 25.7. The molecule has 0 aromatic heterocycles. The van der Waals surface area contributed by atoms with Gasteiger partial charge < -0.3 is 4.90 Å². The van der Waals surface area contributed by atoms with E-state index in [9.17, 15) is 9.59 Å². The lowest BCUT2D eigenvalue weighted by atomic mass is 10.1. The Kier molecular flexibility index (Phi) is 3.40. The molecule has 0 spiro atoms. The summed E-state index contributed by atoms with van der Waals surface area (Å²) in [6.45, 7) is 3.28. The van der Waals surface area contributed by atoms with Gasteiger partial charge in [-0.05, 0) is 6.42 Å². The minimum atomic E-state index is -0.134. The van der Waals surface area contributed by atoms with Crippen molar-refractivity contribution in [1.29, 1.82) is 0 Å². The molecule has 6 nitrogen and oxygen atoms in total. The fraction of sp³-hybridized carbons (Fsp3) is 0.800. The van der Waals surface area contributed by atoms with Gasteiger partial charge in [0.25, 0.3) is 0 Å². The summed E-state index contributed by atoms with van der Waals surface area (Å²) in [6.07, 6.45) is 2.07. The molecule has 2 amide bonds. The monoisotopic (exact) mass is 226 g/mol. The van der Waals surface area contributed by atoms with Crippen LogP contribution in [0, 0.1) is 0 Å². The van der Waals surface area contributed by atoms with E-state index in [2.05, 4.69) is 10.3 Å². The molecule has 6 heteroatoms. The number of nitrogens with one attached hydrogen (secondary N) is 1. The van der Waals surface area contributed by atoms with Crippen molar-refractivity contribution >= 4 is 11.8 Å². The molecule has 0 radical (unpaired) electrons. The molecule has 16 heavy (non-hydrogen) atoms. The van der Waals surface area contributed by atoms with Crippen molar-refractivity contribution in [3.63, 3.8) is 0 Å². The van der Waals surface area contributed by atoms with Crippen molar-refractivity contribution in [1.82, 2.24) is 15.2 Å². The fourth-order valence-corrected chi connectivity index (χ4v) is 2.46. The number of hydrogen-bond acceptors (Lipinski definition) is 4. The molecule has 3 N–H and O–H groups in total. The Morgan fingerprint density at radius 2 is 2.31 bits per heavy atom. The molecule has 1 atom stereocenters. The summed E-state index contributed by atoms with van der Waals surface area (Å²) < 4.78 is 0. The fourth-order valence-electron chi connectivity index (χ4n) is 2.46. The lowest BCUT2D eigenvalue weighted by molar-refractivity contribution is -0.131. The average Bonchev–Trinajstić information content (AvgIpc) is 2.67. The minimum Gasteiger partial charge on any atom is -0.337 e. The van der Waals surface area contributed by atoms with Crippen molar-refractivity contribution in [2.45, 2.75) is 25.3 Å². The first-order valence-electron chi connectivity index (χ1n) is 5.72. The minimum absolute atomic E-state index is 0.134. The molecular formula is C10H18N4O2. The van der Waals surface area contributed by atoms with E-state index in [4.69, 9.17) is 5.84 Å². The van der Waals surface area contributed by atoms with E-state index in [-0.39, 0.29) is 11.8 Å². The number of carbonyl (C=O) groups excluding carboxylic acids is 2. The van der Waals surface area contributed by atoms with E-state index in [1.165, 1.54) is 0 Å². The summed E-state index contributed by atoms with van der Waals surface area (Å²) in [4.78, 5) is 26.7. The standard InChI is InChI=1S/C10H18N4O2/c11-12-9(15)3-4-13-5-6-14-8(7-13)1-2-10(14)16/h8H,1-7,11H2,(H,12,15). The number of rotatable bonds is 3. The smallest absolute Gasteiger partial charge is 0.235 e. The summed E-state index contributed by atoms with van der Waals surface area (Å²) >= 11 is 0. The van der Waals surface area contributed by atoms with Crippen LogP contribution in [0.5, 0.6) is 0 Å². The quantitative estimate of drug-likeness (QED) is 0.355. The molecule has 0 aromatic rings. The molecule has 0 saturated carbocycles. The van der Waals surface area contributed by atoms with E-state index in [0.29, 0.717) is 18.9 Å². The average molecular weight is 226 g/mol. The molecule has 1 unspecified atom stereocenters. The first-order valence-corrected chi connectivity index (χ1v) is 5.72. The van der Waals surface area contributed by atoms with E-state index in [1.54, 1.807) is 0 Å². The van der Waals surface area contributed by atoms with Gasteiger partial charge in [0, 0.05) is 45.1 Å². The second-order valence-corrected chi connectivity index (χ2v) is 4.40. The Morgan fingerprint density at radius 3 is 3.06 bits per heavy atom. The van der Waals surface area contributed by atoms with Gasteiger partial charge in [0.2, 0.25) is 11.8 Å². The molecule has 2 fully saturated rings. The van der Waals surface area contributed by atoms with Gasteiger partial charge in [-0.25, -0.2) is 5.84 Å². The van der Waals surface area contributed by atoms with E-state index in [1.807, 2.05) is 4.90 Å². The first-order chi connectivity index (χ1) is 7.70. The molecule has 0 aliphatic carbocycles. The van der Waals surface area contributed by atoms with E-state index >= 15 is 0 Å². The Labute approximate surface area is 94.7 Å². The number of piperazine rings is 1. The molecular weight excluding hydrogens is 208 g/mol. The van der Waals surface area contributed by atoms with Crippen LogP contribution in [0.25, 0.3) is 0 Å². The molecule has 2 rings (SSSR count). The van der Waals surface area contributed by atoms with Gasteiger partial charge in [0.1, 0.15) is 0 Å². The zero-order chi connectivity index (χ0) is 11.5. The third-order valence-corrected chi connectivity index (χ3v) is 3.39. The third kappa shape index (κ3) is 2.33. The van der Waals surface area contributed by atoms with Crippen molar-refractivity contribution in [2.75, 3.05) is 26.2 Å². The highest BCUT2D eigenvalue weighted by Gasteiger charge is 2.35. The molecule has 2 aliphatic rings. The second kappa shape index (κ2) is 4.80. The first kappa shape index (κ1) is 11.3. The van der Waals surface area contributed by atoms with Gasteiger partial charge in [-0.3, -0.25) is 19.9 Å². The summed E-state index contributed by atoms with van der Waals surface area (Å²) in [5, 5.41) is 0. The summed E-state index contributed by atoms with van der Waals surface area (Å²) in [5.74, 6) is 5.17. The number of fused-ring (bicyclic) bond motifs is 1. The Bertz CT molecular complexity index is 295. The third-order valence-electron chi connectivity index (χ3n) is 3.39. The lowest BCUT2D eigenvalue weighted by Crippen LogP contribution is -2.52. The number of hydrogen-bond donors (Lipinski definition) is 2. The van der Waals surface area contributed by atoms with Crippen molar-refractivity contribution in [3.05, 3.63) is 0 Å². The highest BCUT2D eigenvalue weighted by molar-refractivity contribution is 5.79. The molecule has 0 aromatic carbocycles. The Morgan fingerprint density at radius 1 is 1.50 bits per heavy atom. The number of nitrogens with zero attached hydrogens (tertiary/aromatic N) is 2. The van der Waals surface area contributed by atoms with Gasteiger partial charge in [0.15, 0.2) is 0 Å². The lowest BCUT2D eigenvalue weighted by Gasteiger charge is -2.37. The summed E-state index contributed by atoms with van der Waals surface area (Å²) in [7, 11) is 0. The molecule has 2 heterocycles. The van der Waals surface area contributed by atoms with E-state index in [0.717, 1.165) is 32.6 Å². The topological polar surface area (TPSA) is 78.7 Å². The zero-order valence-corrected chi connectivity index (χ0v) is 9.32. The van der Waals surface area contributed by atoms with E-state index < -0.39 is 0 Å². The molecule has 0 bridgehead atoms. The van der Waals surface area contributed by atoms with Crippen molar-refractivity contribution < 1.29 is 9.59 Å². The predicted molar refractivity (Wildman–Crippen MR) is 58.1 cm³/mol. The second-order valence-electron chi connectivity index (χ2n) is 4.40. The molecule has 90 valence electrons. The number of nitrogens with two attached hydrogens (primary N) is 1. The molecule has 2 saturated heterocycles. The number of amides is 2. The van der Waals surface area contributed by atoms with Gasteiger partial charge >= 0.3 is 0 Å². The van der Waals surface area contributed by atoms with Crippen LogP contribution in [-0.2, 0) is 9.59 Å². The van der Waals surface area contributed by atoms with Crippen LogP contribution in [0.15, 0.2) is 0 Å². The van der Waals surface area contributed by atoms with Gasteiger partial charge in [-0.1, -0.05) is 0 Å². The maximum atomic E-state index is 11.5. The maximum absolute atomic E-state index is 11.5. The Hall–Kier alpha value is -1.14. The van der Waals surface area contributed by atoms with Crippen LogP contribution < -0.4 is 11.3 Å². The van der Waals surface area contributed by atoms with Crippen LogP contribution in [0.2, 0.25) is 0 Å². The van der Waals surface area contributed by atoms with Crippen molar-refractivity contribution in [2.24, 2.45) is 5.84 Å². The molecule has 2 aliphatic heterocycles. The zero-order valence-electron chi connectivity index (χ0n) is 9.32. The van der Waals surface area contributed by atoms with Crippen LogP contribution in [0.3, 0.4) is 0 Å². The van der Waals surface area contributed by atoms with Crippen LogP contribution >= 0.6 is 0 Å². The van der Waals surface area contributed by atoms with Crippen LogP contribution in [-0.4, -0.2) is 53.8 Å². The number of hydrazine groups is 1. The Balaban J connectivity index is 1.78. The van der Waals surface area contributed by atoms with Gasteiger partial charge in [-0.15, -0.1) is 0 Å². The van der Waals surface area contributed by atoms with Gasteiger partial charge in [0.05, 0.1) is 0 Å². The van der Waals surface area contributed by atoms with Gasteiger partial charge in [-0.2, -0.15) is 0 Å². The SMILES string of the molecule is NNC(=O)CCN1CCN2C(=O)CCC2C1. The highest BCUT2D eigenvalue weighted by Crippen LogP contribution is 2.22. The maximum Gasteiger partial charge on any atom is 0.235 e. The van der Waals surface area contributed by atoms with Crippen LogP contribution in [0.4, 0.5) is 0 Å². The number of carbonyl (C=O) groups is 2. The van der Waals surface area contributed by atoms with Crippen molar-refractivity contribution in [3.8, 4) is 0 Å². The largest absolute Gasteiger partial charge is 0.337 e. The summed E-state index contributed by atoms with van der Waals surface area (Å²) in [5.41, 5.74) is 2.13. The highest BCUT2D eigenvalue weighted by atomic mass is 16.2. The van der Waals surface area contributed by atoms with Crippen LogP contribution in [0.1, 0.15) is 19.3 Å². The summed E-state index contributed by atoms with van der Waals surface area (Å²) in [6, 6.07) is 0.363.